The number of carbonyl (C=O) groups excluding carboxylic acids is 1. The molecule has 0 radical (unpaired) electrons. The predicted molar refractivity (Wildman–Crippen MR) is 72.1 cm³/mol. The Hall–Kier alpha value is -1.86. The monoisotopic (exact) mass is 245 g/mol. The molecule has 0 bridgehead atoms. The number of likely N-dealkylation sites (N-methyl/N-ethyl adjacent to an activating group) is 1. The van der Waals surface area contributed by atoms with E-state index in [-0.39, 0.29) is 11.8 Å². The second-order valence-corrected chi connectivity index (χ2v) is 4.64. The lowest BCUT2D eigenvalue weighted by atomic mass is 10.2. The van der Waals surface area contributed by atoms with Gasteiger partial charge in [0.1, 0.15) is 0 Å². The lowest BCUT2D eigenvalue weighted by molar-refractivity contribution is -0.117. The van der Waals surface area contributed by atoms with Crippen molar-refractivity contribution >= 4 is 11.6 Å². The molecular formula is C14H19N3O. The summed E-state index contributed by atoms with van der Waals surface area (Å²) in [6.07, 6.45) is 0. The van der Waals surface area contributed by atoms with Crippen LogP contribution in [-0.4, -0.2) is 30.9 Å². The number of nitrogens with one attached hydrogen (secondary N) is 1. The van der Waals surface area contributed by atoms with Crippen molar-refractivity contribution in [3.05, 3.63) is 29.8 Å². The maximum Gasteiger partial charge on any atom is 0.238 e. The summed E-state index contributed by atoms with van der Waals surface area (Å²) in [7, 11) is 1.84. The largest absolute Gasteiger partial charge is 0.325 e. The minimum absolute atomic E-state index is 0.0618. The molecular weight excluding hydrogens is 226 g/mol. The lowest BCUT2D eigenvalue weighted by Crippen LogP contribution is -2.32. The Morgan fingerprint density at radius 1 is 1.56 bits per heavy atom. The van der Waals surface area contributed by atoms with E-state index in [2.05, 4.69) is 11.4 Å². The molecule has 1 aromatic carbocycles. The Balaban J connectivity index is 2.45. The van der Waals surface area contributed by atoms with Gasteiger partial charge in [0, 0.05) is 12.2 Å². The Morgan fingerprint density at radius 2 is 2.28 bits per heavy atom. The maximum atomic E-state index is 11.8. The van der Waals surface area contributed by atoms with Crippen LogP contribution < -0.4 is 5.32 Å². The molecule has 1 atom stereocenters. The zero-order valence-electron chi connectivity index (χ0n) is 11.1. The highest BCUT2D eigenvalue weighted by molar-refractivity contribution is 5.92. The summed E-state index contributed by atoms with van der Waals surface area (Å²) in [4.78, 5) is 13.6. The first-order valence-electron chi connectivity index (χ1n) is 5.96. The average molecular weight is 245 g/mol. The van der Waals surface area contributed by atoms with Gasteiger partial charge in [-0.15, -0.1) is 0 Å². The number of carbonyl (C=O) groups is 1. The second-order valence-electron chi connectivity index (χ2n) is 4.64. The molecule has 4 nitrogen and oxygen atoms in total. The van der Waals surface area contributed by atoms with Crippen molar-refractivity contribution in [1.82, 2.24) is 4.90 Å². The molecule has 0 aromatic heterocycles. The SMILES string of the molecule is Cc1cccc(NC(=O)CN(C)CC(C)C#N)c1. The van der Waals surface area contributed by atoms with Crippen molar-refractivity contribution in [1.29, 1.82) is 5.26 Å². The number of benzene rings is 1. The van der Waals surface area contributed by atoms with Crippen LogP contribution in [0.4, 0.5) is 5.69 Å². The Bertz CT molecular complexity index is 451. The van der Waals surface area contributed by atoms with Gasteiger partial charge in [-0.3, -0.25) is 9.69 Å². The first-order valence-corrected chi connectivity index (χ1v) is 5.96. The van der Waals surface area contributed by atoms with Crippen LogP contribution in [0.15, 0.2) is 24.3 Å². The first-order chi connectivity index (χ1) is 8.51. The normalized spacial score (nSPS) is 11.9. The molecule has 0 aliphatic heterocycles. The summed E-state index contributed by atoms with van der Waals surface area (Å²) in [6.45, 7) is 4.71. The number of anilines is 1. The van der Waals surface area contributed by atoms with Gasteiger partial charge >= 0.3 is 0 Å². The number of hydrogen-bond acceptors (Lipinski definition) is 3. The molecule has 18 heavy (non-hydrogen) atoms. The van der Waals surface area contributed by atoms with E-state index in [9.17, 15) is 4.79 Å². The van der Waals surface area contributed by atoms with Gasteiger partial charge in [-0.25, -0.2) is 0 Å². The predicted octanol–water partition coefficient (Wildman–Crippen LogP) is 2.02. The van der Waals surface area contributed by atoms with E-state index in [0.717, 1.165) is 11.3 Å². The molecule has 0 saturated carbocycles. The van der Waals surface area contributed by atoms with E-state index in [4.69, 9.17) is 5.26 Å². The number of nitrogens with zero attached hydrogens (tertiary/aromatic N) is 2. The number of rotatable bonds is 5. The van der Waals surface area contributed by atoms with Gasteiger partial charge in [0.25, 0.3) is 0 Å². The number of aryl methyl sites for hydroxylation is 1. The van der Waals surface area contributed by atoms with Crippen LogP contribution in [-0.2, 0) is 4.79 Å². The quantitative estimate of drug-likeness (QED) is 0.863. The Morgan fingerprint density at radius 3 is 2.89 bits per heavy atom. The highest BCUT2D eigenvalue weighted by Gasteiger charge is 2.09. The molecule has 0 spiro atoms. The highest BCUT2D eigenvalue weighted by atomic mass is 16.2. The number of hydrogen-bond donors (Lipinski definition) is 1. The molecule has 96 valence electrons. The van der Waals surface area contributed by atoms with Crippen LogP contribution in [0.25, 0.3) is 0 Å². The Labute approximate surface area is 108 Å². The van der Waals surface area contributed by atoms with Crippen LogP contribution in [0.3, 0.4) is 0 Å². The van der Waals surface area contributed by atoms with Gasteiger partial charge in [0.2, 0.25) is 5.91 Å². The minimum atomic E-state index is -0.0678. The lowest BCUT2D eigenvalue weighted by Gasteiger charge is -2.17. The minimum Gasteiger partial charge on any atom is -0.325 e. The van der Waals surface area contributed by atoms with Gasteiger partial charge in [-0.05, 0) is 38.6 Å². The summed E-state index contributed by atoms with van der Waals surface area (Å²) < 4.78 is 0. The highest BCUT2D eigenvalue weighted by Crippen LogP contribution is 2.09. The van der Waals surface area contributed by atoms with E-state index in [1.54, 1.807) is 0 Å². The Kier molecular flexibility index (Phi) is 5.34. The van der Waals surface area contributed by atoms with Crippen LogP contribution in [0, 0.1) is 24.2 Å². The molecule has 0 heterocycles. The van der Waals surface area contributed by atoms with E-state index in [1.165, 1.54) is 0 Å². The summed E-state index contributed by atoms with van der Waals surface area (Å²) in [6, 6.07) is 9.83. The fraction of sp³-hybridized carbons (Fsp3) is 0.429. The summed E-state index contributed by atoms with van der Waals surface area (Å²) in [5.74, 6) is -0.130. The molecule has 4 heteroatoms. The maximum absolute atomic E-state index is 11.8. The van der Waals surface area contributed by atoms with Crippen molar-refractivity contribution in [3.8, 4) is 6.07 Å². The fourth-order valence-electron chi connectivity index (χ4n) is 1.74. The van der Waals surface area contributed by atoms with Gasteiger partial charge in [0.05, 0.1) is 18.5 Å². The molecule has 0 saturated heterocycles. The third kappa shape index (κ3) is 4.98. The number of amides is 1. The molecule has 1 amide bonds. The molecule has 0 aliphatic rings. The molecule has 1 rings (SSSR count). The van der Waals surface area contributed by atoms with E-state index >= 15 is 0 Å². The van der Waals surface area contributed by atoms with E-state index < -0.39 is 0 Å². The zero-order chi connectivity index (χ0) is 13.5. The van der Waals surface area contributed by atoms with Crippen LogP contribution in [0.1, 0.15) is 12.5 Å². The fourth-order valence-corrected chi connectivity index (χ4v) is 1.74. The van der Waals surface area contributed by atoms with E-state index in [1.807, 2.05) is 50.1 Å². The van der Waals surface area contributed by atoms with E-state index in [0.29, 0.717) is 13.1 Å². The van der Waals surface area contributed by atoms with Gasteiger partial charge < -0.3 is 5.32 Å². The summed E-state index contributed by atoms with van der Waals surface area (Å²) in [5, 5.41) is 11.5. The van der Waals surface area contributed by atoms with Crippen molar-refractivity contribution in [3.63, 3.8) is 0 Å². The second kappa shape index (κ2) is 6.77. The smallest absolute Gasteiger partial charge is 0.238 e. The first kappa shape index (κ1) is 14.2. The topological polar surface area (TPSA) is 56.1 Å². The third-order valence-electron chi connectivity index (χ3n) is 2.52. The van der Waals surface area contributed by atoms with Gasteiger partial charge in [0.15, 0.2) is 0 Å². The molecule has 0 fully saturated rings. The summed E-state index contributed by atoms with van der Waals surface area (Å²) >= 11 is 0. The van der Waals surface area contributed by atoms with Gasteiger partial charge in [-0.2, -0.15) is 5.26 Å². The third-order valence-corrected chi connectivity index (χ3v) is 2.52. The van der Waals surface area contributed by atoms with Crippen LogP contribution in [0.2, 0.25) is 0 Å². The molecule has 1 N–H and O–H groups in total. The molecule has 1 aromatic rings. The summed E-state index contributed by atoms with van der Waals surface area (Å²) in [5.41, 5.74) is 1.92. The zero-order valence-corrected chi connectivity index (χ0v) is 11.1. The van der Waals surface area contributed by atoms with Crippen LogP contribution >= 0.6 is 0 Å². The van der Waals surface area contributed by atoms with Crippen molar-refractivity contribution in [2.45, 2.75) is 13.8 Å². The average Bonchev–Trinajstić information content (AvgIpc) is 2.28. The standard InChI is InChI=1S/C14H19N3O/c1-11-5-4-6-13(7-11)16-14(18)10-17(3)9-12(2)8-15/h4-7,12H,9-10H2,1-3H3,(H,16,18). The van der Waals surface area contributed by atoms with Crippen molar-refractivity contribution < 1.29 is 4.79 Å². The molecule has 0 aliphatic carbocycles. The number of nitriles is 1. The van der Waals surface area contributed by atoms with Crippen LogP contribution in [0.5, 0.6) is 0 Å². The van der Waals surface area contributed by atoms with Gasteiger partial charge in [-0.1, -0.05) is 12.1 Å². The van der Waals surface area contributed by atoms with Crippen molar-refractivity contribution in [2.24, 2.45) is 5.92 Å². The molecule has 1 unspecified atom stereocenters. The van der Waals surface area contributed by atoms with Crippen molar-refractivity contribution in [2.75, 3.05) is 25.5 Å².